The van der Waals surface area contributed by atoms with Crippen molar-refractivity contribution in [3.8, 4) is 0 Å². The molecule has 0 amide bonds. The van der Waals surface area contributed by atoms with Crippen molar-refractivity contribution >= 4 is 29.9 Å². The summed E-state index contributed by atoms with van der Waals surface area (Å²) in [4.78, 5) is 10.6. The molecule has 0 radical (unpaired) electrons. The van der Waals surface area contributed by atoms with Gasteiger partial charge in [-0.3, -0.25) is 4.79 Å². The first-order valence-corrected chi connectivity index (χ1v) is 3.36. The number of hydrogen-bond acceptors (Lipinski definition) is 2. The van der Waals surface area contributed by atoms with Crippen molar-refractivity contribution in [1.82, 2.24) is 0 Å². The summed E-state index contributed by atoms with van der Waals surface area (Å²) in [6, 6.07) is 0. The van der Waals surface area contributed by atoms with Gasteiger partial charge in [-0.2, -0.15) is 0 Å². The van der Waals surface area contributed by atoms with Crippen molar-refractivity contribution in [2.45, 2.75) is 20.8 Å². The normalized spacial score (nSPS) is 13.5. The molecule has 1 unspecified atom stereocenters. The molecule has 0 aliphatic rings. The molecule has 0 saturated carbocycles. The van der Waals surface area contributed by atoms with Gasteiger partial charge in [0.15, 0.2) is 0 Å². The number of carbonyl (C=O) groups is 1. The number of hydrogen-bond donors (Lipinski definition) is 2. The third-order valence-electron chi connectivity index (χ3n) is 2.14. The van der Waals surface area contributed by atoms with E-state index in [9.17, 15) is 4.79 Å². The molecule has 0 saturated heterocycles. The molecule has 0 aliphatic heterocycles. The van der Waals surface area contributed by atoms with E-state index in [1.165, 1.54) is 0 Å². The van der Waals surface area contributed by atoms with Crippen LogP contribution >= 0.6 is 24.0 Å². The molecule has 0 rings (SSSR count). The lowest BCUT2D eigenvalue weighted by molar-refractivity contribution is -0.149. The summed E-state index contributed by atoms with van der Waals surface area (Å²) in [7, 11) is 0. The van der Waals surface area contributed by atoms with Crippen LogP contribution in [0.25, 0.3) is 0 Å². The minimum absolute atomic E-state index is 0. The Morgan fingerprint density at radius 3 is 2.09 bits per heavy atom. The van der Waals surface area contributed by atoms with Gasteiger partial charge >= 0.3 is 5.97 Å². The van der Waals surface area contributed by atoms with Crippen molar-refractivity contribution in [2.24, 2.45) is 17.1 Å². The smallest absolute Gasteiger partial charge is 0.309 e. The predicted octanol–water partition coefficient (Wildman–Crippen LogP) is 1.31. The summed E-state index contributed by atoms with van der Waals surface area (Å²) in [5, 5.41) is 8.69. The van der Waals surface area contributed by atoms with E-state index in [0.717, 1.165) is 0 Å². The Bertz CT molecular complexity index is 136. The number of carboxylic acids is 1. The monoisotopic (exact) mass is 273 g/mol. The first kappa shape index (κ1) is 13.7. The molecule has 0 fully saturated rings. The number of nitrogens with two attached hydrogens (primary N) is 1. The Kier molecular flexibility index (Phi) is 6.14. The molecular weight excluding hydrogens is 257 g/mol. The van der Waals surface area contributed by atoms with E-state index >= 15 is 0 Å². The van der Waals surface area contributed by atoms with E-state index in [1.807, 2.05) is 6.92 Å². The maximum absolute atomic E-state index is 10.6. The maximum atomic E-state index is 10.6. The minimum atomic E-state index is -0.787. The van der Waals surface area contributed by atoms with Gasteiger partial charge in [0.2, 0.25) is 0 Å². The van der Waals surface area contributed by atoms with Crippen LogP contribution in [0.5, 0.6) is 0 Å². The van der Waals surface area contributed by atoms with Crippen LogP contribution in [0.3, 0.4) is 0 Å². The molecule has 0 aromatic rings. The van der Waals surface area contributed by atoms with Crippen molar-refractivity contribution in [1.29, 1.82) is 0 Å². The zero-order valence-electron chi connectivity index (χ0n) is 7.13. The van der Waals surface area contributed by atoms with Gasteiger partial charge in [-0.1, -0.05) is 6.92 Å². The highest BCUT2D eigenvalue weighted by molar-refractivity contribution is 14.0. The van der Waals surface area contributed by atoms with Gasteiger partial charge in [0.1, 0.15) is 0 Å². The third kappa shape index (κ3) is 3.37. The molecule has 0 spiro atoms. The number of carboxylic acid groups (broad SMARTS) is 1. The fourth-order valence-corrected chi connectivity index (χ4v) is 0.505. The summed E-state index contributed by atoms with van der Waals surface area (Å²) < 4.78 is 0. The van der Waals surface area contributed by atoms with Gasteiger partial charge in [0, 0.05) is 0 Å². The number of halogens is 1. The van der Waals surface area contributed by atoms with E-state index in [2.05, 4.69) is 0 Å². The molecule has 0 aromatic carbocycles. The molecule has 11 heavy (non-hydrogen) atoms. The first-order valence-electron chi connectivity index (χ1n) is 3.36. The highest BCUT2D eigenvalue weighted by atomic mass is 127. The second kappa shape index (κ2) is 4.92. The van der Waals surface area contributed by atoms with E-state index < -0.39 is 11.4 Å². The SMILES string of the molecule is CC(CN)C(C)(C)C(=O)O.I. The average molecular weight is 273 g/mol. The zero-order chi connectivity index (χ0) is 8.36. The van der Waals surface area contributed by atoms with Crippen LogP contribution in [-0.2, 0) is 4.79 Å². The second-order valence-corrected chi connectivity index (χ2v) is 3.16. The van der Waals surface area contributed by atoms with Crippen molar-refractivity contribution in [3.05, 3.63) is 0 Å². The molecular formula is C7H16INO2. The fraction of sp³-hybridized carbons (Fsp3) is 0.857. The van der Waals surface area contributed by atoms with Crippen LogP contribution in [0.4, 0.5) is 0 Å². The average Bonchev–Trinajstić information content (AvgIpc) is 1.86. The molecule has 0 bridgehead atoms. The Labute approximate surface area is 84.4 Å². The van der Waals surface area contributed by atoms with Gasteiger partial charge in [-0.25, -0.2) is 0 Å². The van der Waals surface area contributed by atoms with Gasteiger partial charge in [-0.15, -0.1) is 24.0 Å². The molecule has 3 nitrogen and oxygen atoms in total. The molecule has 68 valence electrons. The van der Waals surface area contributed by atoms with E-state index in [4.69, 9.17) is 10.8 Å². The highest BCUT2D eigenvalue weighted by Crippen LogP contribution is 2.25. The summed E-state index contributed by atoms with van der Waals surface area (Å²) in [6.07, 6.45) is 0. The summed E-state index contributed by atoms with van der Waals surface area (Å²) in [5.41, 5.74) is 4.63. The standard InChI is InChI=1S/C7H15NO2.HI/c1-5(4-8)7(2,3)6(9)10;/h5H,4,8H2,1-3H3,(H,9,10);1H. The van der Waals surface area contributed by atoms with Crippen LogP contribution in [0.1, 0.15) is 20.8 Å². The van der Waals surface area contributed by atoms with Gasteiger partial charge in [-0.05, 0) is 26.3 Å². The molecule has 0 aromatic heterocycles. The Balaban J connectivity index is 0. The first-order chi connectivity index (χ1) is 4.42. The van der Waals surface area contributed by atoms with Crippen molar-refractivity contribution in [3.63, 3.8) is 0 Å². The molecule has 4 heteroatoms. The summed E-state index contributed by atoms with van der Waals surface area (Å²) in [6.45, 7) is 5.63. The van der Waals surface area contributed by atoms with Crippen LogP contribution in [0.2, 0.25) is 0 Å². The predicted molar refractivity (Wildman–Crippen MR) is 55.1 cm³/mol. The lowest BCUT2D eigenvalue weighted by atomic mass is 9.80. The van der Waals surface area contributed by atoms with Gasteiger partial charge < -0.3 is 10.8 Å². The van der Waals surface area contributed by atoms with E-state index in [0.29, 0.717) is 6.54 Å². The van der Waals surface area contributed by atoms with Gasteiger partial charge in [0.25, 0.3) is 0 Å². The Morgan fingerprint density at radius 2 is 2.00 bits per heavy atom. The summed E-state index contributed by atoms with van der Waals surface area (Å²) >= 11 is 0. The van der Waals surface area contributed by atoms with Gasteiger partial charge in [0.05, 0.1) is 5.41 Å². The Hall–Kier alpha value is 0.160. The maximum Gasteiger partial charge on any atom is 0.309 e. The number of rotatable bonds is 3. The van der Waals surface area contributed by atoms with Crippen LogP contribution < -0.4 is 5.73 Å². The topological polar surface area (TPSA) is 63.3 Å². The largest absolute Gasteiger partial charge is 0.481 e. The van der Waals surface area contributed by atoms with Crippen molar-refractivity contribution < 1.29 is 9.90 Å². The molecule has 1 atom stereocenters. The zero-order valence-corrected chi connectivity index (χ0v) is 9.46. The second-order valence-electron chi connectivity index (χ2n) is 3.16. The number of aliphatic carboxylic acids is 1. The van der Waals surface area contributed by atoms with E-state index in [-0.39, 0.29) is 29.9 Å². The Morgan fingerprint density at radius 1 is 1.64 bits per heavy atom. The molecule has 0 heterocycles. The van der Waals surface area contributed by atoms with Crippen LogP contribution in [0.15, 0.2) is 0 Å². The fourth-order valence-electron chi connectivity index (χ4n) is 0.505. The third-order valence-corrected chi connectivity index (χ3v) is 2.14. The lowest BCUT2D eigenvalue weighted by Gasteiger charge is -2.25. The highest BCUT2D eigenvalue weighted by Gasteiger charge is 2.32. The quantitative estimate of drug-likeness (QED) is 0.762. The van der Waals surface area contributed by atoms with Crippen LogP contribution in [-0.4, -0.2) is 17.6 Å². The van der Waals surface area contributed by atoms with E-state index in [1.54, 1.807) is 13.8 Å². The van der Waals surface area contributed by atoms with Crippen LogP contribution in [0, 0.1) is 11.3 Å². The lowest BCUT2D eigenvalue weighted by Crippen LogP contribution is -2.35. The minimum Gasteiger partial charge on any atom is -0.481 e. The molecule has 3 N–H and O–H groups in total. The summed E-state index contributed by atoms with van der Waals surface area (Å²) in [5.74, 6) is -0.768. The van der Waals surface area contributed by atoms with Crippen molar-refractivity contribution in [2.75, 3.05) is 6.54 Å². The molecule has 0 aliphatic carbocycles.